The van der Waals surface area contributed by atoms with Crippen molar-refractivity contribution in [2.24, 2.45) is 0 Å². The number of thiol groups is 1. The molecule has 1 atom stereocenters. The Morgan fingerprint density at radius 2 is 2.31 bits per heavy atom. The molecule has 10 heteroatoms. The largest absolute Gasteiger partial charge is 0.481 e. The molecule has 29 heavy (non-hydrogen) atoms. The topological polar surface area (TPSA) is 79.5 Å². The van der Waals surface area contributed by atoms with Gasteiger partial charge in [0.2, 0.25) is 4.21 Å². The summed E-state index contributed by atoms with van der Waals surface area (Å²) < 4.78 is 22.0. The Balaban J connectivity index is 1.52. The molecule has 0 radical (unpaired) electrons. The van der Waals surface area contributed by atoms with Crippen LogP contribution in [-0.2, 0) is 21.0 Å². The molecule has 0 amide bonds. The number of para-hydroxylation sites is 1. The van der Waals surface area contributed by atoms with Gasteiger partial charge in [-0.05, 0) is 35.3 Å². The van der Waals surface area contributed by atoms with E-state index in [1.165, 1.54) is 11.8 Å². The zero-order valence-electron chi connectivity index (χ0n) is 15.5. The third-order valence-corrected chi connectivity index (χ3v) is 7.51. The molecule has 2 aromatic heterocycles. The second kappa shape index (κ2) is 8.78. The highest BCUT2D eigenvalue weighted by molar-refractivity contribution is 8.14. The van der Waals surface area contributed by atoms with Crippen LogP contribution in [0, 0.1) is 5.82 Å². The van der Waals surface area contributed by atoms with Gasteiger partial charge in [-0.3, -0.25) is 4.79 Å². The fourth-order valence-corrected chi connectivity index (χ4v) is 5.75. The molecule has 1 unspecified atom stereocenters. The SMILES string of the molecule is CN(CO[SH+]c1cccs1)c1cccc2c(F)c(C3=[NH+]CC(CC(=O)O)S3)[nH]c12. The van der Waals surface area contributed by atoms with Gasteiger partial charge in [0.1, 0.15) is 0 Å². The fraction of sp³-hybridized carbons (Fsp3) is 0.263. The summed E-state index contributed by atoms with van der Waals surface area (Å²) in [7, 11) is 1.90. The summed E-state index contributed by atoms with van der Waals surface area (Å²) in [6.07, 6.45) is 0.0395. The maximum absolute atomic E-state index is 15.1. The van der Waals surface area contributed by atoms with Crippen LogP contribution >= 0.6 is 23.1 Å². The molecule has 1 aromatic carbocycles. The Bertz CT molecular complexity index is 1050. The van der Waals surface area contributed by atoms with Crippen LogP contribution in [0.25, 0.3) is 10.9 Å². The molecular weight excluding hydrogens is 433 g/mol. The van der Waals surface area contributed by atoms with Gasteiger partial charge in [-0.15, -0.1) is 4.18 Å². The second-order valence-corrected chi connectivity index (χ2v) is 10.0. The highest BCUT2D eigenvalue weighted by atomic mass is 32.2. The van der Waals surface area contributed by atoms with Gasteiger partial charge >= 0.3 is 5.97 Å². The van der Waals surface area contributed by atoms with E-state index in [4.69, 9.17) is 9.29 Å². The molecule has 0 saturated carbocycles. The number of nitrogens with zero attached hydrogens (tertiary/aromatic N) is 1. The van der Waals surface area contributed by atoms with Crippen molar-refractivity contribution in [3.63, 3.8) is 0 Å². The third-order valence-electron chi connectivity index (χ3n) is 4.48. The molecule has 4 rings (SSSR count). The molecule has 152 valence electrons. The van der Waals surface area contributed by atoms with Crippen molar-refractivity contribution in [2.75, 3.05) is 25.2 Å². The number of carboxylic acids is 1. The normalized spacial score (nSPS) is 16.3. The van der Waals surface area contributed by atoms with Crippen molar-refractivity contribution < 1.29 is 23.5 Å². The standard InChI is InChI=1S/C19H18FN3O3S3/c1-23(10-26-29-15-6-3-7-27-15)13-5-2-4-12-16(20)18(22-17(12)13)19-21-9-11(28-19)8-14(24)25/h2-7,11,22H,8-10H2,1H3,(H,24,25)/p+2. The maximum Gasteiger partial charge on any atom is 0.304 e. The lowest BCUT2D eigenvalue weighted by Gasteiger charge is -2.16. The van der Waals surface area contributed by atoms with Gasteiger partial charge in [-0.25, -0.2) is 9.38 Å². The Morgan fingerprint density at radius 3 is 3.07 bits per heavy atom. The van der Waals surface area contributed by atoms with Crippen LogP contribution < -0.4 is 9.89 Å². The number of aliphatic carboxylic acids is 1. The van der Waals surface area contributed by atoms with Crippen molar-refractivity contribution in [2.45, 2.75) is 15.9 Å². The lowest BCUT2D eigenvalue weighted by Crippen LogP contribution is -2.70. The van der Waals surface area contributed by atoms with Gasteiger partial charge in [0.25, 0.3) is 5.04 Å². The summed E-state index contributed by atoms with van der Waals surface area (Å²) in [6, 6.07) is 9.47. The predicted molar refractivity (Wildman–Crippen MR) is 118 cm³/mol. The Morgan fingerprint density at radius 1 is 1.45 bits per heavy atom. The van der Waals surface area contributed by atoms with E-state index in [0.29, 0.717) is 34.9 Å². The van der Waals surface area contributed by atoms with E-state index in [9.17, 15) is 4.79 Å². The first-order valence-corrected chi connectivity index (χ1v) is 11.5. The van der Waals surface area contributed by atoms with Crippen molar-refractivity contribution in [3.8, 4) is 0 Å². The zero-order valence-corrected chi connectivity index (χ0v) is 18.0. The molecule has 0 saturated heterocycles. The van der Waals surface area contributed by atoms with E-state index in [1.807, 2.05) is 41.6 Å². The quantitative estimate of drug-likeness (QED) is 0.276. The molecule has 3 aromatic rings. The Hall–Kier alpha value is -2.01. The van der Waals surface area contributed by atoms with Crippen molar-refractivity contribution in [1.82, 2.24) is 4.98 Å². The Labute approximate surface area is 179 Å². The number of H-pyrrole nitrogens is 1. The predicted octanol–water partition coefficient (Wildman–Crippen LogP) is 1.99. The third kappa shape index (κ3) is 4.45. The van der Waals surface area contributed by atoms with E-state index in [2.05, 4.69) is 9.98 Å². The van der Waals surface area contributed by atoms with E-state index < -0.39 is 5.97 Å². The van der Waals surface area contributed by atoms with Crippen LogP contribution in [-0.4, -0.2) is 46.7 Å². The van der Waals surface area contributed by atoms with Crippen LogP contribution in [0.4, 0.5) is 10.1 Å². The van der Waals surface area contributed by atoms with Gasteiger partial charge < -0.3 is 15.0 Å². The van der Waals surface area contributed by atoms with Gasteiger partial charge in [0, 0.05) is 18.5 Å². The molecule has 1 aliphatic rings. The van der Waals surface area contributed by atoms with Gasteiger partial charge in [0.05, 0.1) is 22.9 Å². The number of aromatic amines is 1. The van der Waals surface area contributed by atoms with Crippen LogP contribution in [0.5, 0.6) is 0 Å². The van der Waals surface area contributed by atoms with E-state index >= 15 is 4.39 Å². The highest BCUT2D eigenvalue weighted by Crippen LogP contribution is 2.32. The summed E-state index contributed by atoms with van der Waals surface area (Å²) in [4.78, 5) is 19.2. The number of anilines is 1. The number of hydrogen-bond acceptors (Lipinski definition) is 5. The molecule has 3 N–H and O–H groups in total. The molecule has 6 nitrogen and oxygen atoms in total. The summed E-state index contributed by atoms with van der Waals surface area (Å²) in [5, 5.41) is 12.0. The molecule has 0 bridgehead atoms. The number of carboxylic acid groups (broad SMARTS) is 1. The minimum absolute atomic E-state index is 0.0395. The fourth-order valence-electron chi connectivity index (χ4n) is 3.13. The van der Waals surface area contributed by atoms with Crippen molar-refractivity contribution in [1.29, 1.82) is 0 Å². The van der Waals surface area contributed by atoms with E-state index in [0.717, 1.165) is 21.9 Å². The lowest BCUT2D eigenvalue weighted by atomic mass is 10.2. The molecule has 0 fully saturated rings. The van der Waals surface area contributed by atoms with Crippen LogP contribution in [0.3, 0.4) is 0 Å². The van der Waals surface area contributed by atoms with Crippen molar-refractivity contribution in [3.05, 3.63) is 47.2 Å². The summed E-state index contributed by atoms with van der Waals surface area (Å²) in [6.45, 7) is 0.863. The highest BCUT2D eigenvalue weighted by Gasteiger charge is 2.32. The molecule has 0 aliphatic carbocycles. The molecule has 3 heterocycles. The number of nitrogens with one attached hydrogen (secondary N) is 2. The Kier molecular flexibility index (Phi) is 6.14. The molecular formula is C19H20FN3O3S3+2. The van der Waals surface area contributed by atoms with Crippen LogP contribution in [0.2, 0.25) is 0 Å². The molecule has 0 spiro atoms. The first-order valence-electron chi connectivity index (χ1n) is 8.90. The first kappa shape index (κ1) is 20.3. The van der Waals surface area contributed by atoms with Gasteiger partial charge in [-0.1, -0.05) is 17.4 Å². The van der Waals surface area contributed by atoms with E-state index in [1.54, 1.807) is 17.4 Å². The number of fused-ring (bicyclic) bond motifs is 1. The molecule has 1 aliphatic heterocycles. The number of aromatic nitrogens is 1. The van der Waals surface area contributed by atoms with Gasteiger partial charge in [-0.2, -0.15) is 0 Å². The summed E-state index contributed by atoms with van der Waals surface area (Å²) in [5.41, 5.74) is 1.89. The number of carbonyl (C=O) groups is 1. The number of hydrogen-bond donors (Lipinski definition) is 3. The minimum Gasteiger partial charge on any atom is -0.481 e. The number of benzene rings is 1. The number of rotatable bonds is 8. The average molecular weight is 454 g/mol. The second-order valence-electron chi connectivity index (χ2n) is 6.56. The lowest BCUT2D eigenvalue weighted by molar-refractivity contribution is -0.448. The smallest absolute Gasteiger partial charge is 0.304 e. The van der Waals surface area contributed by atoms with Crippen molar-refractivity contribution >= 4 is 62.7 Å². The minimum atomic E-state index is -0.853. The van der Waals surface area contributed by atoms with Gasteiger partial charge in [0.15, 0.2) is 36.8 Å². The summed E-state index contributed by atoms with van der Waals surface area (Å²) >= 11 is 3.79. The monoisotopic (exact) mass is 453 g/mol. The van der Waals surface area contributed by atoms with E-state index in [-0.39, 0.29) is 17.5 Å². The first-order chi connectivity index (χ1) is 14.0. The number of halogens is 1. The van der Waals surface area contributed by atoms with Crippen LogP contribution in [0.15, 0.2) is 39.9 Å². The number of thioether (sulfide) groups is 1. The average Bonchev–Trinajstić information content (AvgIpc) is 3.42. The maximum atomic E-state index is 15.1. The zero-order chi connectivity index (χ0) is 20.4. The number of thiophene rings is 1. The summed E-state index contributed by atoms with van der Waals surface area (Å²) in [5.74, 6) is -1.19. The van der Waals surface area contributed by atoms with Crippen LogP contribution in [0.1, 0.15) is 12.1 Å².